The molecule has 0 fully saturated rings. The molecule has 0 aromatic heterocycles. The summed E-state index contributed by atoms with van der Waals surface area (Å²) in [4.78, 5) is 0. The molecule has 0 saturated carbocycles. The van der Waals surface area contributed by atoms with E-state index in [1.54, 1.807) is 12.1 Å². The normalized spacial score (nSPS) is 15.7. The zero-order valence-electron chi connectivity index (χ0n) is 5.99. The van der Waals surface area contributed by atoms with E-state index in [0.29, 0.717) is 0 Å². The van der Waals surface area contributed by atoms with Crippen molar-refractivity contribution >= 4 is 9.92 Å². The van der Waals surface area contributed by atoms with E-state index in [2.05, 4.69) is 0 Å². The lowest BCUT2D eigenvalue weighted by molar-refractivity contribution is 0.675. The van der Waals surface area contributed by atoms with Gasteiger partial charge in [0, 0.05) is 0 Å². The molecular formula is C7H10N2OS. The molecule has 0 saturated heterocycles. The molecule has 0 heterocycles. The van der Waals surface area contributed by atoms with E-state index in [4.69, 9.17) is 9.92 Å². The molecule has 0 radical (unpaired) electrons. The standard InChI is InChI=1S/C7H10N2OS/c8-11(9,10)6-7-4-2-1-3-5-7/h1-5H,6H2,(H3,8,9,10). The van der Waals surface area contributed by atoms with Gasteiger partial charge in [0.15, 0.2) is 0 Å². The fourth-order valence-electron chi connectivity index (χ4n) is 0.822. The number of nitrogens with one attached hydrogen (secondary N) is 1. The summed E-state index contributed by atoms with van der Waals surface area (Å²) in [6, 6.07) is 9.15. The van der Waals surface area contributed by atoms with Crippen LogP contribution in [0.4, 0.5) is 0 Å². The average molecular weight is 170 g/mol. The fourth-order valence-corrected chi connectivity index (χ4v) is 1.51. The van der Waals surface area contributed by atoms with Crippen LogP contribution in [0.15, 0.2) is 30.3 Å². The molecule has 60 valence electrons. The third kappa shape index (κ3) is 3.15. The summed E-state index contributed by atoms with van der Waals surface area (Å²) in [5.41, 5.74) is 0.843. The van der Waals surface area contributed by atoms with Gasteiger partial charge in [-0.25, -0.2) is 14.1 Å². The lowest BCUT2D eigenvalue weighted by Crippen LogP contribution is -2.12. The fraction of sp³-hybridized carbons (Fsp3) is 0.143. The van der Waals surface area contributed by atoms with E-state index < -0.39 is 9.92 Å². The third-order valence-corrected chi connectivity index (χ3v) is 1.99. The zero-order chi connectivity index (χ0) is 8.32. The van der Waals surface area contributed by atoms with E-state index in [1.807, 2.05) is 18.2 Å². The zero-order valence-corrected chi connectivity index (χ0v) is 6.80. The van der Waals surface area contributed by atoms with E-state index in [-0.39, 0.29) is 5.75 Å². The summed E-state index contributed by atoms with van der Waals surface area (Å²) in [6.45, 7) is 0. The van der Waals surface area contributed by atoms with Gasteiger partial charge in [0.25, 0.3) is 0 Å². The Kier molecular flexibility index (Phi) is 2.26. The molecule has 0 aliphatic carbocycles. The van der Waals surface area contributed by atoms with Crippen LogP contribution in [-0.4, -0.2) is 4.21 Å². The van der Waals surface area contributed by atoms with Crippen LogP contribution >= 0.6 is 0 Å². The van der Waals surface area contributed by atoms with Gasteiger partial charge in [0.2, 0.25) is 0 Å². The summed E-state index contributed by atoms with van der Waals surface area (Å²) in [5.74, 6) is 0.133. The first-order chi connectivity index (χ1) is 5.08. The largest absolute Gasteiger partial charge is 0.245 e. The number of benzene rings is 1. The lowest BCUT2D eigenvalue weighted by Gasteiger charge is -1.99. The van der Waals surface area contributed by atoms with Crippen LogP contribution in [0.2, 0.25) is 0 Å². The van der Waals surface area contributed by atoms with Gasteiger partial charge in [0.1, 0.15) is 9.92 Å². The maximum Gasteiger partial charge on any atom is 0.106 e. The second-order valence-corrected chi connectivity index (χ2v) is 4.10. The quantitative estimate of drug-likeness (QED) is 0.686. The van der Waals surface area contributed by atoms with E-state index in [1.165, 1.54) is 0 Å². The average Bonchev–Trinajstić information content (AvgIpc) is 1.85. The highest BCUT2D eigenvalue weighted by Crippen LogP contribution is 2.01. The molecule has 0 spiro atoms. The number of rotatable bonds is 2. The molecule has 0 aliphatic rings. The number of hydrogen-bond acceptors (Lipinski definition) is 2. The highest BCUT2D eigenvalue weighted by molar-refractivity contribution is 7.89. The molecule has 11 heavy (non-hydrogen) atoms. The highest BCUT2D eigenvalue weighted by Gasteiger charge is 1.98. The molecule has 1 unspecified atom stereocenters. The van der Waals surface area contributed by atoms with Crippen molar-refractivity contribution in [2.45, 2.75) is 5.75 Å². The Bertz CT molecular complexity index is 318. The van der Waals surface area contributed by atoms with Crippen LogP contribution in [0, 0.1) is 4.78 Å². The summed E-state index contributed by atoms with van der Waals surface area (Å²) in [7, 11) is -2.88. The topological polar surface area (TPSA) is 66.9 Å². The van der Waals surface area contributed by atoms with Gasteiger partial charge in [-0.1, -0.05) is 30.3 Å². The van der Waals surface area contributed by atoms with Crippen molar-refractivity contribution < 1.29 is 4.21 Å². The third-order valence-electron chi connectivity index (χ3n) is 1.22. The number of hydrogen-bond donors (Lipinski definition) is 2. The minimum absolute atomic E-state index is 0.133. The van der Waals surface area contributed by atoms with Crippen molar-refractivity contribution in [3.05, 3.63) is 35.9 Å². The molecule has 0 aliphatic heterocycles. The van der Waals surface area contributed by atoms with Crippen LogP contribution in [0.5, 0.6) is 0 Å². The smallest absolute Gasteiger partial charge is 0.106 e. The molecule has 1 rings (SSSR count). The number of nitrogens with two attached hydrogens (primary N) is 1. The molecule has 1 aromatic carbocycles. The molecular weight excluding hydrogens is 160 g/mol. The summed E-state index contributed by atoms with van der Waals surface area (Å²) in [6.07, 6.45) is 0. The summed E-state index contributed by atoms with van der Waals surface area (Å²) < 4.78 is 17.8. The van der Waals surface area contributed by atoms with Crippen LogP contribution in [0.3, 0.4) is 0 Å². The predicted octanol–water partition coefficient (Wildman–Crippen LogP) is 1.11. The van der Waals surface area contributed by atoms with Crippen LogP contribution in [0.1, 0.15) is 5.56 Å². The van der Waals surface area contributed by atoms with Crippen molar-refractivity contribution in [2.75, 3.05) is 0 Å². The predicted molar refractivity (Wildman–Crippen MR) is 45.2 cm³/mol. The Hall–Kier alpha value is -0.870. The molecule has 4 heteroatoms. The molecule has 0 bridgehead atoms. The van der Waals surface area contributed by atoms with Gasteiger partial charge in [-0.15, -0.1) is 0 Å². The lowest BCUT2D eigenvalue weighted by atomic mass is 10.2. The SMILES string of the molecule is N=S(N)(=O)Cc1ccccc1. The Morgan fingerprint density at radius 3 is 2.36 bits per heavy atom. The second kappa shape index (κ2) is 3.02. The Balaban J connectivity index is 2.82. The molecule has 3 N–H and O–H groups in total. The van der Waals surface area contributed by atoms with Crippen LogP contribution < -0.4 is 5.14 Å². The molecule has 1 aromatic rings. The van der Waals surface area contributed by atoms with Gasteiger partial charge in [-0.3, -0.25) is 0 Å². The van der Waals surface area contributed by atoms with Crippen molar-refractivity contribution in [2.24, 2.45) is 5.14 Å². The highest BCUT2D eigenvalue weighted by atomic mass is 32.2. The van der Waals surface area contributed by atoms with Crippen molar-refractivity contribution in [3.8, 4) is 0 Å². The first-order valence-corrected chi connectivity index (χ1v) is 4.95. The Labute approximate surface area is 66.3 Å². The minimum atomic E-state index is -2.88. The van der Waals surface area contributed by atoms with Gasteiger partial charge < -0.3 is 0 Å². The van der Waals surface area contributed by atoms with E-state index in [9.17, 15) is 4.21 Å². The van der Waals surface area contributed by atoms with Gasteiger partial charge in [-0.05, 0) is 5.56 Å². The first-order valence-electron chi connectivity index (χ1n) is 3.16. The maximum atomic E-state index is 10.8. The van der Waals surface area contributed by atoms with E-state index >= 15 is 0 Å². The van der Waals surface area contributed by atoms with Crippen LogP contribution in [0.25, 0.3) is 0 Å². The molecule has 0 amide bonds. The van der Waals surface area contributed by atoms with Crippen molar-refractivity contribution in [3.63, 3.8) is 0 Å². The van der Waals surface area contributed by atoms with Crippen molar-refractivity contribution in [1.82, 2.24) is 0 Å². The van der Waals surface area contributed by atoms with Gasteiger partial charge in [-0.2, -0.15) is 0 Å². The summed E-state index contributed by atoms with van der Waals surface area (Å²) in [5, 5.41) is 5.06. The Morgan fingerprint density at radius 2 is 1.91 bits per heavy atom. The monoisotopic (exact) mass is 170 g/mol. The van der Waals surface area contributed by atoms with E-state index in [0.717, 1.165) is 5.56 Å². The minimum Gasteiger partial charge on any atom is -0.245 e. The second-order valence-electron chi connectivity index (χ2n) is 2.36. The summed E-state index contributed by atoms with van der Waals surface area (Å²) >= 11 is 0. The maximum absolute atomic E-state index is 10.8. The van der Waals surface area contributed by atoms with Crippen LogP contribution in [-0.2, 0) is 15.7 Å². The van der Waals surface area contributed by atoms with Gasteiger partial charge in [0.05, 0.1) is 5.75 Å². The van der Waals surface area contributed by atoms with Gasteiger partial charge >= 0.3 is 0 Å². The molecule has 1 atom stereocenters. The Morgan fingerprint density at radius 1 is 1.36 bits per heavy atom. The molecule has 3 nitrogen and oxygen atoms in total. The van der Waals surface area contributed by atoms with Crippen molar-refractivity contribution in [1.29, 1.82) is 4.78 Å². The first kappa shape index (κ1) is 8.23.